The van der Waals surface area contributed by atoms with Gasteiger partial charge in [-0.15, -0.1) is 5.10 Å². The first kappa shape index (κ1) is 12.2. The summed E-state index contributed by atoms with van der Waals surface area (Å²) in [4.78, 5) is 0. The topological polar surface area (TPSA) is 37.8 Å². The van der Waals surface area contributed by atoms with E-state index in [0.29, 0.717) is 6.04 Å². The fourth-order valence-electron chi connectivity index (χ4n) is 1.92. The minimum atomic E-state index is 0.331. The van der Waals surface area contributed by atoms with Gasteiger partial charge in [0.1, 0.15) is 0 Å². The van der Waals surface area contributed by atoms with Crippen LogP contribution in [0.4, 0.5) is 0 Å². The summed E-state index contributed by atoms with van der Waals surface area (Å²) in [7, 11) is 1.98. The smallest absolute Gasteiger partial charge is 0.0924 e. The van der Waals surface area contributed by atoms with Crippen molar-refractivity contribution in [3.05, 3.63) is 47.0 Å². The third kappa shape index (κ3) is 3.61. The average Bonchev–Trinajstić information content (AvgIpc) is 2.90. The van der Waals surface area contributed by atoms with Gasteiger partial charge in [-0.3, -0.25) is 0 Å². The second-order valence-corrected chi connectivity index (χ2v) is 4.66. The molecule has 0 aliphatic heterocycles. The molecule has 0 bridgehead atoms. The Bertz CT molecular complexity index is 413. The summed E-state index contributed by atoms with van der Waals surface area (Å²) in [5, 5.41) is 9.43. The fraction of sp³-hybridized carbons (Fsp3) is 0.385. The second-order valence-electron chi connectivity index (χ2n) is 4.05. The van der Waals surface area contributed by atoms with Crippen LogP contribution in [0, 0.1) is 0 Å². The van der Waals surface area contributed by atoms with Crippen molar-refractivity contribution in [1.82, 2.24) is 14.9 Å². The fourth-order valence-corrected chi connectivity index (χ4v) is 2.43. The molecule has 2 rings (SSSR count). The molecule has 1 unspecified atom stereocenters. The number of hydrogen-bond donors (Lipinski definition) is 1. The zero-order valence-electron chi connectivity index (χ0n) is 9.97. The van der Waals surface area contributed by atoms with Gasteiger partial charge < -0.3 is 5.32 Å². The Morgan fingerprint density at radius 2 is 2.12 bits per heavy atom. The van der Waals surface area contributed by atoms with Gasteiger partial charge in [0.05, 0.1) is 11.7 Å². The summed E-state index contributed by atoms with van der Waals surface area (Å²) in [5.74, 6) is 0. The summed E-state index contributed by atoms with van der Waals surface area (Å²) in [6, 6.07) is 10.9. The zero-order valence-corrected chi connectivity index (χ0v) is 10.8. The molecule has 0 fully saturated rings. The molecule has 0 radical (unpaired) electrons. The van der Waals surface area contributed by atoms with Crippen LogP contribution in [0.3, 0.4) is 0 Å². The molecule has 1 N–H and O–H groups in total. The third-order valence-electron chi connectivity index (χ3n) is 2.88. The van der Waals surface area contributed by atoms with E-state index in [1.807, 2.05) is 12.4 Å². The molecule has 0 spiro atoms. The number of aryl methyl sites for hydroxylation is 1. The van der Waals surface area contributed by atoms with Crippen molar-refractivity contribution in [3.8, 4) is 0 Å². The summed E-state index contributed by atoms with van der Waals surface area (Å²) >= 11 is 1.41. The number of hydrogen-bond acceptors (Lipinski definition) is 4. The van der Waals surface area contributed by atoms with Gasteiger partial charge in [0.2, 0.25) is 0 Å². The number of aromatic nitrogens is 2. The standard InChI is InChI=1S/C13H17N3S/c1-14-12(13-10-17-16-15-13)9-5-8-11-6-3-2-4-7-11/h2-4,6-7,10,12,14H,5,8-9H2,1H3. The van der Waals surface area contributed by atoms with E-state index in [2.05, 4.69) is 45.2 Å². The molecule has 0 aliphatic rings. The van der Waals surface area contributed by atoms with Gasteiger partial charge in [-0.25, -0.2) is 0 Å². The second kappa shape index (κ2) is 6.47. The van der Waals surface area contributed by atoms with Crippen LogP contribution in [-0.4, -0.2) is 16.6 Å². The highest BCUT2D eigenvalue weighted by molar-refractivity contribution is 7.03. The molecule has 2 aromatic rings. The van der Waals surface area contributed by atoms with E-state index >= 15 is 0 Å². The number of nitrogens with one attached hydrogen (secondary N) is 1. The first-order chi connectivity index (χ1) is 8.40. The van der Waals surface area contributed by atoms with E-state index in [-0.39, 0.29) is 0 Å². The maximum absolute atomic E-state index is 4.12. The molecule has 1 atom stereocenters. The predicted molar refractivity (Wildman–Crippen MR) is 71.1 cm³/mol. The first-order valence-electron chi connectivity index (χ1n) is 5.88. The Morgan fingerprint density at radius 3 is 2.76 bits per heavy atom. The Morgan fingerprint density at radius 1 is 1.29 bits per heavy atom. The summed E-state index contributed by atoms with van der Waals surface area (Å²) in [6.07, 6.45) is 3.38. The van der Waals surface area contributed by atoms with Crippen molar-refractivity contribution < 1.29 is 0 Å². The lowest BCUT2D eigenvalue weighted by molar-refractivity contribution is 0.514. The maximum Gasteiger partial charge on any atom is 0.0924 e. The molecule has 0 saturated carbocycles. The molecule has 1 heterocycles. The molecule has 0 saturated heterocycles. The van der Waals surface area contributed by atoms with Crippen molar-refractivity contribution in [2.45, 2.75) is 25.3 Å². The minimum absolute atomic E-state index is 0.331. The normalized spacial score (nSPS) is 12.5. The van der Waals surface area contributed by atoms with Crippen LogP contribution in [-0.2, 0) is 6.42 Å². The van der Waals surface area contributed by atoms with Crippen LogP contribution < -0.4 is 5.32 Å². The Balaban J connectivity index is 1.81. The van der Waals surface area contributed by atoms with E-state index in [1.54, 1.807) is 0 Å². The summed E-state index contributed by atoms with van der Waals surface area (Å²) in [5.41, 5.74) is 2.46. The Hall–Kier alpha value is -1.26. The highest BCUT2D eigenvalue weighted by Gasteiger charge is 2.11. The zero-order chi connectivity index (χ0) is 11.9. The van der Waals surface area contributed by atoms with Gasteiger partial charge in [-0.05, 0) is 43.4 Å². The minimum Gasteiger partial charge on any atom is -0.312 e. The van der Waals surface area contributed by atoms with Crippen molar-refractivity contribution in [3.63, 3.8) is 0 Å². The van der Waals surface area contributed by atoms with Gasteiger partial charge in [0.15, 0.2) is 0 Å². The van der Waals surface area contributed by atoms with Gasteiger partial charge >= 0.3 is 0 Å². The number of rotatable bonds is 6. The van der Waals surface area contributed by atoms with Gasteiger partial charge in [-0.2, -0.15) is 0 Å². The van der Waals surface area contributed by atoms with Crippen LogP contribution in [0.2, 0.25) is 0 Å². The molecule has 3 nitrogen and oxygen atoms in total. The molecule has 17 heavy (non-hydrogen) atoms. The van der Waals surface area contributed by atoms with E-state index in [9.17, 15) is 0 Å². The molecule has 1 aromatic carbocycles. The van der Waals surface area contributed by atoms with Crippen LogP contribution in [0.15, 0.2) is 35.7 Å². The Kier molecular flexibility index (Phi) is 4.64. The maximum atomic E-state index is 4.12. The summed E-state index contributed by atoms with van der Waals surface area (Å²) in [6.45, 7) is 0. The highest BCUT2D eigenvalue weighted by Crippen LogP contribution is 2.18. The molecule has 1 aromatic heterocycles. The first-order valence-corrected chi connectivity index (χ1v) is 6.72. The quantitative estimate of drug-likeness (QED) is 0.853. The Labute approximate surface area is 106 Å². The van der Waals surface area contributed by atoms with Gasteiger partial charge in [-0.1, -0.05) is 34.8 Å². The van der Waals surface area contributed by atoms with E-state index in [1.165, 1.54) is 17.1 Å². The lowest BCUT2D eigenvalue weighted by atomic mass is 10.0. The monoisotopic (exact) mass is 247 g/mol. The lowest BCUT2D eigenvalue weighted by Crippen LogP contribution is -2.16. The SMILES string of the molecule is CNC(CCCc1ccccc1)c1csnn1. The van der Waals surface area contributed by atoms with Crippen molar-refractivity contribution in [2.24, 2.45) is 0 Å². The lowest BCUT2D eigenvalue weighted by Gasteiger charge is -2.12. The average molecular weight is 247 g/mol. The molecular formula is C13H17N3S. The number of nitrogens with zero attached hydrogens (tertiary/aromatic N) is 2. The summed E-state index contributed by atoms with van der Waals surface area (Å²) < 4.78 is 3.91. The molecule has 0 aliphatic carbocycles. The van der Waals surface area contributed by atoms with Crippen LogP contribution >= 0.6 is 11.5 Å². The van der Waals surface area contributed by atoms with Crippen LogP contribution in [0.25, 0.3) is 0 Å². The number of benzene rings is 1. The highest BCUT2D eigenvalue weighted by atomic mass is 32.1. The van der Waals surface area contributed by atoms with Crippen LogP contribution in [0.1, 0.15) is 30.1 Å². The third-order valence-corrected chi connectivity index (χ3v) is 3.41. The largest absolute Gasteiger partial charge is 0.312 e. The van der Waals surface area contributed by atoms with Crippen LogP contribution in [0.5, 0.6) is 0 Å². The van der Waals surface area contributed by atoms with E-state index in [4.69, 9.17) is 0 Å². The molecule has 0 amide bonds. The van der Waals surface area contributed by atoms with Crippen molar-refractivity contribution in [2.75, 3.05) is 7.05 Å². The van der Waals surface area contributed by atoms with Crippen molar-refractivity contribution >= 4 is 11.5 Å². The molecular weight excluding hydrogens is 230 g/mol. The molecule has 4 heteroatoms. The predicted octanol–water partition coefficient (Wildman–Crippen LogP) is 2.82. The van der Waals surface area contributed by atoms with Crippen molar-refractivity contribution in [1.29, 1.82) is 0 Å². The molecule has 90 valence electrons. The van der Waals surface area contributed by atoms with Gasteiger partial charge in [0, 0.05) is 5.38 Å². The van der Waals surface area contributed by atoms with Gasteiger partial charge in [0.25, 0.3) is 0 Å². The van der Waals surface area contributed by atoms with E-state index in [0.717, 1.165) is 25.0 Å². The van der Waals surface area contributed by atoms with E-state index < -0.39 is 0 Å².